The number of allylic oxidation sites excluding steroid dienone is 2. The van der Waals surface area contributed by atoms with Crippen LogP contribution in [0.2, 0.25) is 0 Å². The molecule has 3 heteroatoms. The minimum absolute atomic E-state index is 0.0817. The molecule has 0 heterocycles. The van der Waals surface area contributed by atoms with E-state index in [2.05, 4.69) is 24.4 Å². The van der Waals surface area contributed by atoms with Crippen LogP contribution in [-0.4, -0.2) is 23.2 Å². The fourth-order valence-corrected chi connectivity index (χ4v) is 3.23. The van der Waals surface area contributed by atoms with Crippen molar-refractivity contribution in [3.8, 4) is 0 Å². The molecule has 1 fully saturated rings. The molecule has 3 nitrogen and oxygen atoms in total. The van der Waals surface area contributed by atoms with E-state index < -0.39 is 5.60 Å². The summed E-state index contributed by atoms with van der Waals surface area (Å²) in [7, 11) is 0. The maximum absolute atomic E-state index is 11.8. The number of carbonyl (C=O) groups is 1. The molecule has 3 unspecified atom stereocenters. The number of hydrogen-bond acceptors (Lipinski definition) is 2. The third kappa shape index (κ3) is 3.84. The fourth-order valence-electron chi connectivity index (χ4n) is 3.23. The van der Waals surface area contributed by atoms with Gasteiger partial charge in [0.2, 0.25) is 5.91 Å². The maximum Gasteiger partial charge on any atom is 0.220 e. The minimum atomic E-state index is -0.668. The van der Waals surface area contributed by atoms with Gasteiger partial charge in [0.25, 0.3) is 0 Å². The van der Waals surface area contributed by atoms with Crippen molar-refractivity contribution < 1.29 is 9.90 Å². The first-order chi connectivity index (χ1) is 8.57. The Balaban J connectivity index is 1.72. The highest BCUT2D eigenvalue weighted by atomic mass is 16.3. The normalized spacial score (nSPS) is 35.7. The molecule has 0 radical (unpaired) electrons. The lowest BCUT2D eigenvalue weighted by Crippen LogP contribution is -2.46. The standard InChI is InChI=1S/C15H25NO2/c1-12-5-4-8-15(18,10-12)11-16-14(17)9-13-6-2-3-7-13/h2,6,12-13,18H,3-5,7-11H2,1H3,(H,16,17). The zero-order valence-electron chi connectivity index (χ0n) is 11.3. The summed E-state index contributed by atoms with van der Waals surface area (Å²) >= 11 is 0. The zero-order chi connectivity index (χ0) is 13.0. The van der Waals surface area contributed by atoms with Crippen LogP contribution in [0.15, 0.2) is 12.2 Å². The van der Waals surface area contributed by atoms with Gasteiger partial charge in [-0.1, -0.05) is 31.9 Å². The average molecular weight is 251 g/mol. The Bertz CT molecular complexity index is 326. The van der Waals surface area contributed by atoms with Crippen molar-refractivity contribution in [3.05, 3.63) is 12.2 Å². The van der Waals surface area contributed by atoms with E-state index in [-0.39, 0.29) is 5.91 Å². The number of amides is 1. The van der Waals surface area contributed by atoms with Gasteiger partial charge in [-0.05, 0) is 37.5 Å². The molecule has 2 rings (SSSR count). The summed E-state index contributed by atoms with van der Waals surface area (Å²) in [5.41, 5.74) is -0.668. The molecule has 0 bridgehead atoms. The summed E-state index contributed by atoms with van der Waals surface area (Å²) < 4.78 is 0. The van der Waals surface area contributed by atoms with Gasteiger partial charge in [-0.25, -0.2) is 0 Å². The number of nitrogens with one attached hydrogen (secondary N) is 1. The van der Waals surface area contributed by atoms with E-state index in [9.17, 15) is 9.90 Å². The lowest BCUT2D eigenvalue weighted by Gasteiger charge is -2.35. The molecule has 0 aromatic heterocycles. The van der Waals surface area contributed by atoms with Crippen LogP contribution in [0.4, 0.5) is 0 Å². The topological polar surface area (TPSA) is 49.3 Å². The summed E-state index contributed by atoms with van der Waals surface area (Å²) in [5, 5.41) is 13.3. The van der Waals surface area contributed by atoms with Crippen LogP contribution in [0.25, 0.3) is 0 Å². The molecule has 2 aliphatic rings. The second-order valence-corrected chi connectivity index (χ2v) is 6.17. The average Bonchev–Trinajstić information content (AvgIpc) is 2.79. The molecule has 0 aliphatic heterocycles. The predicted octanol–water partition coefficient (Wildman–Crippen LogP) is 2.40. The predicted molar refractivity (Wildman–Crippen MR) is 72.1 cm³/mol. The lowest BCUT2D eigenvalue weighted by molar-refractivity contribution is -0.123. The molecule has 1 saturated carbocycles. The van der Waals surface area contributed by atoms with Gasteiger partial charge in [0.15, 0.2) is 0 Å². The van der Waals surface area contributed by atoms with Gasteiger partial charge in [-0.2, -0.15) is 0 Å². The summed E-state index contributed by atoms with van der Waals surface area (Å²) in [5.74, 6) is 1.06. The number of hydrogen-bond donors (Lipinski definition) is 2. The highest BCUT2D eigenvalue weighted by Gasteiger charge is 2.32. The van der Waals surface area contributed by atoms with Crippen LogP contribution in [-0.2, 0) is 4.79 Å². The minimum Gasteiger partial charge on any atom is -0.388 e. The summed E-state index contributed by atoms with van der Waals surface area (Å²) in [6.45, 7) is 2.60. The molecular weight excluding hydrogens is 226 g/mol. The van der Waals surface area contributed by atoms with Crippen molar-refractivity contribution in [1.82, 2.24) is 5.32 Å². The molecule has 0 saturated heterocycles. The highest BCUT2D eigenvalue weighted by Crippen LogP contribution is 2.31. The van der Waals surface area contributed by atoms with Crippen LogP contribution in [0.5, 0.6) is 0 Å². The Labute approximate surface area is 110 Å². The molecule has 2 aliphatic carbocycles. The lowest BCUT2D eigenvalue weighted by atomic mass is 9.79. The largest absolute Gasteiger partial charge is 0.388 e. The van der Waals surface area contributed by atoms with Crippen molar-refractivity contribution in [2.75, 3.05) is 6.54 Å². The second kappa shape index (κ2) is 5.87. The highest BCUT2D eigenvalue weighted by molar-refractivity contribution is 5.76. The number of aliphatic hydroxyl groups is 1. The van der Waals surface area contributed by atoms with Crippen LogP contribution in [0.3, 0.4) is 0 Å². The van der Waals surface area contributed by atoms with E-state index in [1.807, 2.05) is 0 Å². The molecule has 18 heavy (non-hydrogen) atoms. The van der Waals surface area contributed by atoms with Crippen LogP contribution in [0.1, 0.15) is 51.9 Å². The van der Waals surface area contributed by atoms with Crippen molar-refractivity contribution in [2.24, 2.45) is 11.8 Å². The molecule has 102 valence electrons. The summed E-state index contributed by atoms with van der Waals surface area (Å²) in [6.07, 6.45) is 10.9. The van der Waals surface area contributed by atoms with E-state index in [0.29, 0.717) is 24.8 Å². The van der Waals surface area contributed by atoms with Crippen molar-refractivity contribution in [3.63, 3.8) is 0 Å². The van der Waals surface area contributed by atoms with E-state index in [0.717, 1.165) is 32.1 Å². The monoisotopic (exact) mass is 251 g/mol. The molecule has 1 amide bonds. The number of carbonyl (C=O) groups excluding carboxylic acids is 1. The number of rotatable bonds is 4. The smallest absolute Gasteiger partial charge is 0.220 e. The van der Waals surface area contributed by atoms with Crippen molar-refractivity contribution in [2.45, 2.75) is 57.5 Å². The van der Waals surface area contributed by atoms with Gasteiger partial charge in [-0.3, -0.25) is 4.79 Å². The van der Waals surface area contributed by atoms with Gasteiger partial charge in [0.1, 0.15) is 0 Å². The van der Waals surface area contributed by atoms with Crippen LogP contribution < -0.4 is 5.32 Å². The first-order valence-corrected chi connectivity index (χ1v) is 7.23. The maximum atomic E-state index is 11.8. The molecule has 2 N–H and O–H groups in total. The molecule has 0 spiro atoms. The van der Waals surface area contributed by atoms with Gasteiger partial charge in [-0.15, -0.1) is 0 Å². The van der Waals surface area contributed by atoms with E-state index in [1.165, 1.54) is 6.42 Å². The Morgan fingerprint density at radius 3 is 3.00 bits per heavy atom. The zero-order valence-corrected chi connectivity index (χ0v) is 11.3. The fraction of sp³-hybridized carbons (Fsp3) is 0.800. The SMILES string of the molecule is CC1CCCC(O)(CNC(=O)CC2C=CCC2)C1. The van der Waals surface area contributed by atoms with Crippen molar-refractivity contribution in [1.29, 1.82) is 0 Å². The van der Waals surface area contributed by atoms with E-state index in [4.69, 9.17) is 0 Å². The Hall–Kier alpha value is -0.830. The summed E-state index contributed by atoms with van der Waals surface area (Å²) in [6, 6.07) is 0. The van der Waals surface area contributed by atoms with Crippen LogP contribution >= 0.6 is 0 Å². The molecule has 0 aromatic rings. The Kier molecular flexibility index (Phi) is 4.44. The Morgan fingerprint density at radius 1 is 1.50 bits per heavy atom. The summed E-state index contributed by atoms with van der Waals surface area (Å²) in [4.78, 5) is 11.8. The van der Waals surface area contributed by atoms with E-state index >= 15 is 0 Å². The molecule has 0 aromatic carbocycles. The van der Waals surface area contributed by atoms with Gasteiger partial charge >= 0.3 is 0 Å². The third-order valence-corrected chi connectivity index (χ3v) is 4.24. The quantitative estimate of drug-likeness (QED) is 0.754. The first-order valence-electron chi connectivity index (χ1n) is 7.23. The van der Waals surface area contributed by atoms with Gasteiger partial charge < -0.3 is 10.4 Å². The first kappa shape index (κ1) is 13.6. The van der Waals surface area contributed by atoms with Gasteiger partial charge in [0.05, 0.1) is 5.60 Å². The molecular formula is C15H25NO2. The Morgan fingerprint density at radius 2 is 2.33 bits per heavy atom. The van der Waals surface area contributed by atoms with Crippen molar-refractivity contribution >= 4 is 5.91 Å². The third-order valence-electron chi connectivity index (χ3n) is 4.24. The van der Waals surface area contributed by atoms with E-state index in [1.54, 1.807) is 0 Å². The second-order valence-electron chi connectivity index (χ2n) is 6.17. The molecule has 3 atom stereocenters. The van der Waals surface area contributed by atoms with Crippen LogP contribution in [0, 0.1) is 11.8 Å². The van der Waals surface area contributed by atoms with Gasteiger partial charge in [0, 0.05) is 13.0 Å².